The lowest BCUT2D eigenvalue weighted by Gasteiger charge is -2.16. The fraction of sp³-hybridized carbons (Fsp3) is 0.600. The van der Waals surface area contributed by atoms with E-state index in [1.165, 1.54) is 4.88 Å². The molecule has 0 aromatic carbocycles. The van der Waals surface area contributed by atoms with Crippen LogP contribution in [0.3, 0.4) is 0 Å². The second-order valence-corrected chi connectivity index (χ2v) is 3.87. The van der Waals surface area contributed by atoms with E-state index in [2.05, 4.69) is 12.2 Å². The Balaban J connectivity index is 2.75. The Morgan fingerprint density at radius 3 is 2.86 bits per heavy atom. The predicted octanol–water partition coefficient (Wildman–Crippen LogP) is 2.05. The van der Waals surface area contributed by atoms with Gasteiger partial charge in [-0.3, -0.25) is 0 Å². The van der Waals surface area contributed by atoms with E-state index in [1.54, 1.807) is 25.6 Å². The molecule has 1 atom stereocenters. The van der Waals surface area contributed by atoms with Crippen molar-refractivity contribution in [2.75, 3.05) is 27.4 Å². The molecule has 0 radical (unpaired) electrons. The van der Waals surface area contributed by atoms with Crippen molar-refractivity contribution in [3.8, 4) is 5.75 Å². The Morgan fingerprint density at radius 2 is 2.29 bits per heavy atom. The predicted molar refractivity (Wildman–Crippen MR) is 59.2 cm³/mol. The first-order chi connectivity index (χ1) is 6.83. The van der Waals surface area contributed by atoms with E-state index in [9.17, 15) is 0 Å². The summed E-state index contributed by atoms with van der Waals surface area (Å²) in [5.74, 6) is 0.943. The van der Waals surface area contributed by atoms with Gasteiger partial charge >= 0.3 is 0 Å². The van der Waals surface area contributed by atoms with Gasteiger partial charge in [0.15, 0.2) is 0 Å². The number of ether oxygens (including phenoxy) is 2. The van der Waals surface area contributed by atoms with Gasteiger partial charge in [-0.25, -0.2) is 0 Å². The number of rotatable bonds is 6. The fourth-order valence-corrected chi connectivity index (χ4v) is 2.29. The average Bonchev–Trinajstić information content (AvgIpc) is 2.65. The molecule has 3 nitrogen and oxygen atoms in total. The molecule has 0 fully saturated rings. The van der Waals surface area contributed by atoms with Crippen LogP contribution >= 0.6 is 11.3 Å². The van der Waals surface area contributed by atoms with Crippen molar-refractivity contribution in [2.45, 2.75) is 13.0 Å². The lowest BCUT2D eigenvalue weighted by molar-refractivity contribution is 0.168. The molecular weight excluding hydrogens is 198 g/mol. The fourth-order valence-electron chi connectivity index (χ4n) is 1.37. The van der Waals surface area contributed by atoms with E-state index >= 15 is 0 Å². The lowest BCUT2D eigenvalue weighted by atomic mass is 10.2. The molecule has 0 bridgehead atoms. The molecule has 0 saturated heterocycles. The average molecular weight is 215 g/mol. The zero-order valence-electron chi connectivity index (χ0n) is 8.87. The van der Waals surface area contributed by atoms with E-state index in [0.717, 1.165) is 12.3 Å². The third kappa shape index (κ3) is 2.70. The van der Waals surface area contributed by atoms with E-state index in [-0.39, 0.29) is 6.04 Å². The Hall–Kier alpha value is -0.580. The Morgan fingerprint density at radius 1 is 1.50 bits per heavy atom. The first kappa shape index (κ1) is 11.5. The highest BCUT2D eigenvalue weighted by molar-refractivity contribution is 7.10. The van der Waals surface area contributed by atoms with Crippen molar-refractivity contribution in [1.82, 2.24) is 5.32 Å². The number of methoxy groups -OCH3 is 2. The highest BCUT2D eigenvalue weighted by Crippen LogP contribution is 2.30. The lowest BCUT2D eigenvalue weighted by Crippen LogP contribution is -2.24. The maximum Gasteiger partial charge on any atom is 0.134 e. The molecule has 1 aromatic heterocycles. The smallest absolute Gasteiger partial charge is 0.134 e. The largest absolute Gasteiger partial charge is 0.496 e. The van der Waals surface area contributed by atoms with Crippen LogP contribution < -0.4 is 10.1 Å². The molecule has 1 heterocycles. The summed E-state index contributed by atoms with van der Waals surface area (Å²) in [6.07, 6.45) is 0. The maximum absolute atomic E-state index is 5.27. The van der Waals surface area contributed by atoms with Gasteiger partial charge in [0.05, 0.1) is 24.6 Å². The van der Waals surface area contributed by atoms with Gasteiger partial charge in [0.25, 0.3) is 0 Å². The van der Waals surface area contributed by atoms with Crippen LogP contribution in [0.15, 0.2) is 11.4 Å². The molecule has 0 aliphatic heterocycles. The van der Waals surface area contributed by atoms with Crippen LogP contribution in [0.2, 0.25) is 0 Å². The van der Waals surface area contributed by atoms with Crippen LogP contribution in [0.5, 0.6) is 5.75 Å². The summed E-state index contributed by atoms with van der Waals surface area (Å²) in [4.78, 5) is 1.20. The summed E-state index contributed by atoms with van der Waals surface area (Å²) in [7, 11) is 3.41. The molecule has 80 valence electrons. The zero-order chi connectivity index (χ0) is 10.4. The number of nitrogens with one attached hydrogen (secondary N) is 1. The molecule has 0 amide bonds. The van der Waals surface area contributed by atoms with Crippen molar-refractivity contribution < 1.29 is 9.47 Å². The second kappa shape index (κ2) is 6.01. The van der Waals surface area contributed by atoms with Gasteiger partial charge in [0.2, 0.25) is 0 Å². The molecule has 4 heteroatoms. The van der Waals surface area contributed by atoms with Gasteiger partial charge in [-0.15, -0.1) is 11.3 Å². The molecule has 1 aromatic rings. The van der Waals surface area contributed by atoms with Crippen molar-refractivity contribution in [3.05, 3.63) is 16.3 Å². The van der Waals surface area contributed by atoms with Crippen LogP contribution in [0.25, 0.3) is 0 Å². The van der Waals surface area contributed by atoms with Crippen LogP contribution in [-0.2, 0) is 4.74 Å². The van der Waals surface area contributed by atoms with Gasteiger partial charge in [0.1, 0.15) is 5.75 Å². The maximum atomic E-state index is 5.27. The topological polar surface area (TPSA) is 30.5 Å². The van der Waals surface area contributed by atoms with Gasteiger partial charge < -0.3 is 14.8 Å². The standard InChI is InChI=1S/C10H17NO2S/c1-4-11-8(7-12-2)10-9(13-3)5-6-14-10/h5-6,8,11H,4,7H2,1-3H3. The van der Waals surface area contributed by atoms with Gasteiger partial charge in [0, 0.05) is 7.11 Å². The number of thiophene rings is 1. The highest BCUT2D eigenvalue weighted by atomic mass is 32.1. The van der Waals surface area contributed by atoms with Crippen LogP contribution in [-0.4, -0.2) is 27.4 Å². The van der Waals surface area contributed by atoms with Crippen LogP contribution in [0.1, 0.15) is 17.8 Å². The summed E-state index contributed by atoms with van der Waals surface area (Å²) in [5.41, 5.74) is 0. The Bertz CT molecular complexity index is 256. The zero-order valence-corrected chi connectivity index (χ0v) is 9.69. The number of likely N-dealkylation sites (N-methyl/N-ethyl adjacent to an activating group) is 1. The molecule has 14 heavy (non-hydrogen) atoms. The third-order valence-corrected chi connectivity index (χ3v) is 2.99. The molecule has 0 saturated carbocycles. The quantitative estimate of drug-likeness (QED) is 0.788. The SMILES string of the molecule is CCNC(COC)c1sccc1OC. The minimum atomic E-state index is 0.236. The molecular formula is C10H17NO2S. The molecule has 0 spiro atoms. The van der Waals surface area contributed by atoms with E-state index in [1.807, 2.05) is 11.4 Å². The normalized spacial score (nSPS) is 12.8. The molecule has 0 aliphatic carbocycles. The minimum absolute atomic E-state index is 0.236. The van der Waals surface area contributed by atoms with Crippen molar-refractivity contribution >= 4 is 11.3 Å². The third-order valence-electron chi connectivity index (χ3n) is 1.98. The van der Waals surface area contributed by atoms with E-state index in [0.29, 0.717) is 6.61 Å². The Labute approximate surface area is 89.0 Å². The summed E-state index contributed by atoms with van der Waals surface area (Å²) >= 11 is 1.69. The molecule has 0 aliphatic rings. The van der Waals surface area contributed by atoms with Gasteiger partial charge in [-0.05, 0) is 18.0 Å². The van der Waals surface area contributed by atoms with Crippen molar-refractivity contribution in [2.24, 2.45) is 0 Å². The van der Waals surface area contributed by atoms with Crippen molar-refractivity contribution in [1.29, 1.82) is 0 Å². The molecule has 1 rings (SSSR count). The van der Waals surface area contributed by atoms with Gasteiger partial charge in [-0.2, -0.15) is 0 Å². The Kier molecular flexibility index (Phi) is 4.93. The first-order valence-corrected chi connectivity index (χ1v) is 5.55. The van der Waals surface area contributed by atoms with E-state index in [4.69, 9.17) is 9.47 Å². The second-order valence-electron chi connectivity index (χ2n) is 2.92. The summed E-state index contributed by atoms with van der Waals surface area (Å²) in [6.45, 7) is 3.68. The monoisotopic (exact) mass is 215 g/mol. The summed E-state index contributed by atoms with van der Waals surface area (Å²) in [6, 6.07) is 2.22. The van der Waals surface area contributed by atoms with E-state index < -0.39 is 0 Å². The molecule has 1 N–H and O–H groups in total. The molecule has 1 unspecified atom stereocenters. The van der Waals surface area contributed by atoms with Gasteiger partial charge in [-0.1, -0.05) is 6.92 Å². The highest BCUT2D eigenvalue weighted by Gasteiger charge is 2.16. The first-order valence-electron chi connectivity index (χ1n) is 4.67. The van der Waals surface area contributed by atoms with Crippen LogP contribution in [0.4, 0.5) is 0 Å². The summed E-state index contributed by atoms with van der Waals surface area (Å²) < 4.78 is 10.4. The van der Waals surface area contributed by atoms with Crippen LogP contribution in [0, 0.1) is 0 Å². The minimum Gasteiger partial charge on any atom is -0.496 e. The summed E-state index contributed by atoms with van der Waals surface area (Å²) in [5, 5.41) is 5.40. The number of hydrogen-bond donors (Lipinski definition) is 1. The number of hydrogen-bond acceptors (Lipinski definition) is 4. The van der Waals surface area contributed by atoms with Crippen molar-refractivity contribution in [3.63, 3.8) is 0 Å².